The van der Waals surface area contributed by atoms with E-state index in [9.17, 15) is 18.0 Å². The van der Waals surface area contributed by atoms with E-state index in [0.29, 0.717) is 42.3 Å². The van der Waals surface area contributed by atoms with Crippen LogP contribution in [0.25, 0.3) is 11.4 Å². The summed E-state index contributed by atoms with van der Waals surface area (Å²) >= 11 is 0. The molecule has 1 amide bonds. The molecule has 1 unspecified atom stereocenters. The fourth-order valence-corrected chi connectivity index (χ4v) is 3.68. The molecule has 1 aromatic carbocycles. The lowest BCUT2D eigenvalue weighted by Crippen LogP contribution is -2.44. The van der Waals surface area contributed by atoms with Gasteiger partial charge in [0.2, 0.25) is 0 Å². The summed E-state index contributed by atoms with van der Waals surface area (Å²) < 4.78 is 38.4. The van der Waals surface area contributed by atoms with Gasteiger partial charge in [-0.1, -0.05) is 31.5 Å². The van der Waals surface area contributed by atoms with Crippen LogP contribution in [0.1, 0.15) is 48.2 Å². The van der Waals surface area contributed by atoms with E-state index in [4.69, 9.17) is 0 Å². The van der Waals surface area contributed by atoms with Crippen LogP contribution in [0.15, 0.2) is 55.0 Å². The minimum Gasteiger partial charge on any atom is -0.368 e. The van der Waals surface area contributed by atoms with E-state index in [2.05, 4.69) is 20.3 Å². The molecule has 2 aromatic heterocycles. The predicted octanol–water partition coefficient (Wildman–Crippen LogP) is 5.61. The second-order valence-corrected chi connectivity index (χ2v) is 7.99. The summed E-state index contributed by atoms with van der Waals surface area (Å²) in [4.78, 5) is 28.0. The highest BCUT2D eigenvalue weighted by Crippen LogP contribution is 2.29. The molecule has 3 aromatic rings. The number of nitrogens with one attached hydrogen (secondary N) is 1. The van der Waals surface area contributed by atoms with Crippen LogP contribution in [-0.2, 0) is 6.18 Å². The second-order valence-electron chi connectivity index (χ2n) is 7.99. The van der Waals surface area contributed by atoms with Crippen molar-refractivity contribution in [1.82, 2.24) is 19.9 Å². The molecule has 180 valence electrons. The quantitative estimate of drug-likeness (QED) is 0.439. The van der Waals surface area contributed by atoms with Gasteiger partial charge in [0, 0.05) is 43.3 Å². The number of aromatic nitrogens is 3. The molecule has 0 saturated carbocycles. The summed E-state index contributed by atoms with van der Waals surface area (Å²) in [6.07, 6.45) is 1.05. The summed E-state index contributed by atoms with van der Waals surface area (Å²) in [6, 6.07) is 9.43. The lowest BCUT2D eigenvalue weighted by molar-refractivity contribution is -0.137. The lowest BCUT2D eigenvalue weighted by atomic mass is 10.0. The molecular weight excluding hydrogens is 443 g/mol. The Bertz CT molecular complexity index is 1090. The maximum atomic E-state index is 13.7. The van der Waals surface area contributed by atoms with E-state index in [1.54, 1.807) is 23.4 Å². The van der Waals surface area contributed by atoms with Gasteiger partial charge >= 0.3 is 6.18 Å². The topological polar surface area (TPSA) is 71.0 Å². The Morgan fingerprint density at radius 1 is 1.09 bits per heavy atom. The zero-order valence-electron chi connectivity index (χ0n) is 19.4. The number of nitrogens with zero attached hydrogens (tertiary/aromatic N) is 4. The van der Waals surface area contributed by atoms with Crippen molar-refractivity contribution in [1.29, 1.82) is 0 Å². The minimum atomic E-state index is -4.43. The number of hydrogen-bond donors (Lipinski definition) is 1. The van der Waals surface area contributed by atoms with Crippen molar-refractivity contribution >= 4 is 11.7 Å². The maximum absolute atomic E-state index is 13.7. The number of amides is 1. The number of anilines is 1. The number of aryl methyl sites for hydroxylation is 1. The Balaban J connectivity index is 1.84. The van der Waals surface area contributed by atoms with Crippen molar-refractivity contribution in [2.75, 3.05) is 18.4 Å². The number of rotatable bonds is 9. The van der Waals surface area contributed by atoms with Crippen LogP contribution in [0.4, 0.5) is 19.0 Å². The number of benzene rings is 1. The molecular formula is C25H28F3N5O. The van der Waals surface area contributed by atoms with Gasteiger partial charge in [0.1, 0.15) is 5.82 Å². The van der Waals surface area contributed by atoms with Gasteiger partial charge in [-0.2, -0.15) is 13.2 Å². The van der Waals surface area contributed by atoms with E-state index < -0.39 is 11.7 Å². The standard InChI is InChI=1S/C25H28F3N5O/c1-4-13-33(19(5-2)16-32-22-10-8-18(15-31-22)25(26,27)28)24(34)21-14-17(3)7-9-20(21)23-29-11-6-12-30-23/h6-12,14-15,19H,4-5,13,16H2,1-3H3,(H,31,32). The Morgan fingerprint density at radius 3 is 2.41 bits per heavy atom. The maximum Gasteiger partial charge on any atom is 0.417 e. The Hall–Kier alpha value is -3.49. The molecule has 0 spiro atoms. The Labute approximate surface area is 197 Å². The smallest absolute Gasteiger partial charge is 0.368 e. The molecule has 1 N–H and O–H groups in total. The van der Waals surface area contributed by atoms with Gasteiger partial charge < -0.3 is 10.2 Å². The molecule has 2 heterocycles. The highest BCUT2D eigenvalue weighted by atomic mass is 19.4. The number of pyridine rings is 1. The molecule has 0 aliphatic rings. The van der Waals surface area contributed by atoms with Crippen molar-refractivity contribution < 1.29 is 18.0 Å². The Morgan fingerprint density at radius 2 is 1.82 bits per heavy atom. The van der Waals surface area contributed by atoms with Crippen LogP contribution in [0.5, 0.6) is 0 Å². The van der Waals surface area contributed by atoms with Crippen molar-refractivity contribution in [3.05, 3.63) is 71.7 Å². The van der Waals surface area contributed by atoms with Crippen molar-refractivity contribution in [2.45, 2.75) is 45.8 Å². The largest absolute Gasteiger partial charge is 0.417 e. The van der Waals surface area contributed by atoms with Gasteiger partial charge in [-0.15, -0.1) is 0 Å². The third-order valence-electron chi connectivity index (χ3n) is 5.46. The summed E-state index contributed by atoms with van der Waals surface area (Å²) in [5.41, 5.74) is 1.32. The number of hydrogen-bond acceptors (Lipinski definition) is 5. The van der Waals surface area contributed by atoms with Crippen LogP contribution in [0, 0.1) is 6.92 Å². The molecule has 3 rings (SSSR count). The third-order valence-corrected chi connectivity index (χ3v) is 5.46. The first-order valence-corrected chi connectivity index (χ1v) is 11.2. The number of halogens is 3. The fourth-order valence-electron chi connectivity index (χ4n) is 3.68. The van der Waals surface area contributed by atoms with Gasteiger partial charge in [-0.05, 0) is 44.0 Å². The predicted molar refractivity (Wildman–Crippen MR) is 125 cm³/mol. The van der Waals surface area contributed by atoms with E-state index in [1.165, 1.54) is 6.07 Å². The molecule has 0 fully saturated rings. The average molecular weight is 472 g/mol. The SMILES string of the molecule is CCCN(C(=O)c1cc(C)ccc1-c1ncccn1)C(CC)CNc1ccc(C(F)(F)F)cn1. The summed E-state index contributed by atoms with van der Waals surface area (Å²) in [5.74, 6) is 0.661. The number of alkyl halides is 3. The monoisotopic (exact) mass is 471 g/mol. The molecule has 6 nitrogen and oxygen atoms in total. The van der Waals surface area contributed by atoms with Crippen LogP contribution in [0.2, 0.25) is 0 Å². The second kappa shape index (κ2) is 11.1. The van der Waals surface area contributed by atoms with E-state index in [1.807, 2.05) is 39.0 Å². The molecule has 34 heavy (non-hydrogen) atoms. The molecule has 0 radical (unpaired) electrons. The fraction of sp³-hybridized carbons (Fsp3) is 0.360. The lowest BCUT2D eigenvalue weighted by Gasteiger charge is -2.32. The van der Waals surface area contributed by atoms with Gasteiger partial charge in [0.15, 0.2) is 5.82 Å². The van der Waals surface area contributed by atoms with Gasteiger partial charge in [0.05, 0.1) is 11.1 Å². The van der Waals surface area contributed by atoms with E-state index in [0.717, 1.165) is 24.2 Å². The zero-order chi connectivity index (χ0) is 24.7. The molecule has 0 bridgehead atoms. The van der Waals surface area contributed by atoms with Crippen molar-refractivity contribution in [2.24, 2.45) is 0 Å². The molecule has 1 atom stereocenters. The van der Waals surface area contributed by atoms with Crippen molar-refractivity contribution in [3.63, 3.8) is 0 Å². The summed E-state index contributed by atoms with van der Waals surface area (Å²) in [6.45, 7) is 6.77. The van der Waals surface area contributed by atoms with E-state index in [-0.39, 0.29) is 11.9 Å². The highest BCUT2D eigenvalue weighted by Gasteiger charge is 2.31. The first kappa shape index (κ1) is 25.1. The molecule has 9 heteroatoms. The summed E-state index contributed by atoms with van der Waals surface area (Å²) in [5, 5.41) is 3.08. The molecule has 0 aliphatic carbocycles. The third kappa shape index (κ3) is 6.09. The zero-order valence-corrected chi connectivity index (χ0v) is 19.4. The van der Waals surface area contributed by atoms with Crippen LogP contribution >= 0.6 is 0 Å². The van der Waals surface area contributed by atoms with E-state index >= 15 is 0 Å². The van der Waals surface area contributed by atoms with Crippen LogP contribution < -0.4 is 5.32 Å². The summed E-state index contributed by atoms with van der Waals surface area (Å²) in [7, 11) is 0. The van der Waals surface area contributed by atoms with Gasteiger partial charge in [0.25, 0.3) is 5.91 Å². The first-order valence-electron chi connectivity index (χ1n) is 11.2. The van der Waals surface area contributed by atoms with Crippen LogP contribution in [0.3, 0.4) is 0 Å². The average Bonchev–Trinajstić information content (AvgIpc) is 2.83. The van der Waals surface area contributed by atoms with Crippen LogP contribution in [-0.4, -0.2) is 44.9 Å². The van der Waals surface area contributed by atoms with Crippen molar-refractivity contribution in [3.8, 4) is 11.4 Å². The number of carbonyl (C=O) groups is 1. The first-order chi connectivity index (χ1) is 16.2. The van der Waals surface area contributed by atoms with Gasteiger partial charge in [-0.3, -0.25) is 4.79 Å². The van der Waals surface area contributed by atoms with Gasteiger partial charge in [-0.25, -0.2) is 15.0 Å². The normalized spacial score (nSPS) is 12.3. The Kier molecular flexibility index (Phi) is 8.20. The molecule has 0 saturated heterocycles. The highest BCUT2D eigenvalue weighted by molar-refractivity contribution is 6.00. The minimum absolute atomic E-state index is 0.137. The number of carbonyl (C=O) groups excluding carboxylic acids is 1. The molecule has 0 aliphatic heterocycles.